The van der Waals surface area contributed by atoms with Crippen LogP contribution in [0.3, 0.4) is 0 Å². The number of nitrogens with zero attached hydrogens (tertiary/aromatic N) is 3. The number of anilines is 2. The molecule has 2 saturated heterocycles. The topological polar surface area (TPSA) is 70.2 Å². The number of amides is 1. The molecule has 2 N–H and O–H groups in total. The molecule has 2 aliphatic heterocycles. The molecule has 0 saturated carbocycles. The highest BCUT2D eigenvalue weighted by Crippen LogP contribution is 2.32. The van der Waals surface area contributed by atoms with E-state index in [-0.39, 0.29) is 11.9 Å². The number of pyridine rings is 1. The van der Waals surface area contributed by atoms with Gasteiger partial charge in [0.05, 0.1) is 10.9 Å². The molecule has 0 unspecified atom stereocenters. The predicted octanol–water partition coefficient (Wildman–Crippen LogP) is 4.80. The van der Waals surface area contributed by atoms with Gasteiger partial charge in [0.25, 0.3) is 0 Å². The molecule has 2 aromatic heterocycles. The van der Waals surface area contributed by atoms with Crippen molar-refractivity contribution in [2.75, 3.05) is 25.0 Å². The summed E-state index contributed by atoms with van der Waals surface area (Å²) in [5.41, 5.74) is 2.27. The number of rotatable bonds is 5. The Hall–Kier alpha value is -2.77. The highest BCUT2D eigenvalue weighted by Gasteiger charge is 2.29. The molecular formula is C25H29N5OS. The lowest BCUT2D eigenvalue weighted by Crippen LogP contribution is -2.50. The summed E-state index contributed by atoms with van der Waals surface area (Å²) in [4.78, 5) is 25.4. The van der Waals surface area contributed by atoms with Crippen molar-refractivity contribution in [3.8, 4) is 10.4 Å². The van der Waals surface area contributed by atoms with Gasteiger partial charge in [-0.05, 0) is 49.9 Å². The first-order valence-corrected chi connectivity index (χ1v) is 12.4. The molecule has 7 heteroatoms. The molecule has 32 heavy (non-hydrogen) atoms. The summed E-state index contributed by atoms with van der Waals surface area (Å²) in [6, 6.07) is 16.5. The molecule has 2 aliphatic rings. The largest absolute Gasteiger partial charge is 0.341 e. The first-order chi connectivity index (χ1) is 15.8. The standard InChI is InChI=1S/C25H29N5OS/c31-24(21-9-4-5-14-26-21)30-15-12-18(13-16-30)20-10-6-11-23(28-20)29-25-27-17-22(32-25)19-7-2-1-3-8-19/h1-3,6-8,10-11,17-18,21,26H,4-5,9,12-16H2,(H,27,28,29)/t21-/m1/s1. The summed E-state index contributed by atoms with van der Waals surface area (Å²) >= 11 is 1.63. The minimum Gasteiger partial charge on any atom is -0.341 e. The van der Waals surface area contributed by atoms with Gasteiger partial charge < -0.3 is 15.5 Å². The fraction of sp³-hybridized carbons (Fsp3) is 0.400. The molecule has 3 aromatic rings. The normalized spacial score (nSPS) is 19.6. The molecule has 0 radical (unpaired) electrons. The van der Waals surface area contributed by atoms with Gasteiger partial charge in [-0.1, -0.05) is 54.2 Å². The maximum atomic E-state index is 12.8. The van der Waals surface area contributed by atoms with E-state index in [1.807, 2.05) is 35.4 Å². The summed E-state index contributed by atoms with van der Waals surface area (Å²) in [7, 11) is 0. The molecule has 0 bridgehead atoms. The second-order valence-electron chi connectivity index (χ2n) is 8.57. The van der Waals surface area contributed by atoms with Gasteiger partial charge in [-0.15, -0.1) is 0 Å². The third-order valence-corrected chi connectivity index (χ3v) is 7.36. The van der Waals surface area contributed by atoms with Crippen LogP contribution in [0.15, 0.2) is 54.7 Å². The van der Waals surface area contributed by atoms with Crippen molar-refractivity contribution in [2.24, 2.45) is 0 Å². The second kappa shape index (κ2) is 9.79. The summed E-state index contributed by atoms with van der Waals surface area (Å²) in [6.45, 7) is 2.59. The van der Waals surface area contributed by atoms with Crippen molar-refractivity contribution >= 4 is 28.2 Å². The maximum Gasteiger partial charge on any atom is 0.239 e. The van der Waals surface area contributed by atoms with E-state index >= 15 is 0 Å². The minimum atomic E-state index is 0.0185. The van der Waals surface area contributed by atoms with Crippen LogP contribution in [0.25, 0.3) is 10.4 Å². The third kappa shape index (κ3) is 4.84. The van der Waals surface area contributed by atoms with Crippen molar-refractivity contribution in [1.29, 1.82) is 0 Å². The fourth-order valence-corrected chi connectivity index (χ4v) is 5.43. The Morgan fingerprint density at radius 3 is 2.66 bits per heavy atom. The number of benzene rings is 1. The van der Waals surface area contributed by atoms with E-state index in [4.69, 9.17) is 4.98 Å². The van der Waals surface area contributed by atoms with E-state index in [0.717, 1.165) is 66.8 Å². The number of carbonyl (C=O) groups excluding carboxylic acids is 1. The zero-order valence-electron chi connectivity index (χ0n) is 18.2. The third-order valence-electron chi connectivity index (χ3n) is 6.40. The highest BCUT2D eigenvalue weighted by atomic mass is 32.1. The van der Waals surface area contributed by atoms with E-state index in [1.54, 1.807) is 11.3 Å². The van der Waals surface area contributed by atoms with Gasteiger partial charge in [0.2, 0.25) is 5.91 Å². The zero-order valence-corrected chi connectivity index (χ0v) is 19.0. The van der Waals surface area contributed by atoms with E-state index in [9.17, 15) is 4.79 Å². The van der Waals surface area contributed by atoms with Gasteiger partial charge in [0.15, 0.2) is 5.13 Å². The van der Waals surface area contributed by atoms with E-state index in [0.29, 0.717) is 5.92 Å². The van der Waals surface area contributed by atoms with Gasteiger partial charge in [0, 0.05) is 30.9 Å². The average Bonchev–Trinajstić information content (AvgIpc) is 3.33. The smallest absolute Gasteiger partial charge is 0.239 e. The molecular weight excluding hydrogens is 418 g/mol. The van der Waals surface area contributed by atoms with Gasteiger partial charge in [0.1, 0.15) is 5.82 Å². The van der Waals surface area contributed by atoms with Crippen LogP contribution in [-0.2, 0) is 4.79 Å². The number of hydrogen-bond acceptors (Lipinski definition) is 6. The number of piperidine rings is 2. The quantitative estimate of drug-likeness (QED) is 0.588. The Bertz CT molecular complexity index is 1040. The van der Waals surface area contributed by atoms with E-state index in [1.165, 1.54) is 12.0 Å². The van der Waals surface area contributed by atoms with Crippen molar-refractivity contribution < 1.29 is 4.79 Å². The Balaban J connectivity index is 1.20. The van der Waals surface area contributed by atoms with Crippen LogP contribution < -0.4 is 10.6 Å². The number of thiazole rings is 1. The van der Waals surface area contributed by atoms with Crippen molar-refractivity contribution in [1.82, 2.24) is 20.2 Å². The van der Waals surface area contributed by atoms with Gasteiger partial charge in [-0.25, -0.2) is 9.97 Å². The lowest BCUT2D eigenvalue weighted by atomic mass is 9.92. The molecule has 166 valence electrons. The number of nitrogens with one attached hydrogen (secondary N) is 2. The first kappa shape index (κ1) is 21.1. The molecule has 2 fully saturated rings. The Morgan fingerprint density at radius 1 is 1.03 bits per heavy atom. The van der Waals surface area contributed by atoms with Crippen LogP contribution in [-0.4, -0.2) is 46.5 Å². The summed E-state index contributed by atoms with van der Waals surface area (Å²) in [5, 5.41) is 7.59. The zero-order chi connectivity index (χ0) is 21.8. The lowest BCUT2D eigenvalue weighted by molar-refractivity contribution is -0.135. The van der Waals surface area contributed by atoms with Crippen LogP contribution in [0, 0.1) is 0 Å². The van der Waals surface area contributed by atoms with Crippen molar-refractivity contribution in [2.45, 2.75) is 44.1 Å². The van der Waals surface area contributed by atoms with Crippen LogP contribution in [0.5, 0.6) is 0 Å². The first-order valence-electron chi connectivity index (χ1n) is 11.5. The molecule has 1 atom stereocenters. The monoisotopic (exact) mass is 447 g/mol. The molecule has 1 aromatic carbocycles. The Labute approximate surface area is 193 Å². The lowest BCUT2D eigenvalue weighted by Gasteiger charge is -2.35. The minimum absolute atomic E-state index is 0.0185. The number of hydrogen-bond donors (Lipinski definition) is 2. The average molecular weight is 448 g/mol. The van der Waals surface area contributed by atoms with E-state index in [2.05, 4.69) is 39.9 Å². The number of aromatic nitrogens is 2. The molecule has 0 spiro atoms. The van der Waals surface area contributed by atoms with Gasteiger partial charge >= 0.3 is 0 Å². The number of likely N-dealkylation sites (tertiary alicyclic amines) is 1. The van der Waals surface area contributed by atoms with Gasteiger partial charge in [-0.3, -0.25) is 4.79 Å². The van der Waals surface area contributed by atoms with Crippen LogP contribution >= 0.6 is 11.3 Å². The van der Waals surface area contributed by atoms with Crippen LogP contribution in [0.4, 0.5) is 10.9 Å². The summed E-state index contributed by atoms with van der Waals surface area (Å²) in [5.74, 6) is 1.49. The van der Waals surface area contributed by atoms with Crippen LogP contribution in [0.2, 0.25) is 0 Å². The summed E-state index contributed by atoms with van der Waals surface area (Å²) in [6.07, 6.45) is 7.12. The number of carbonyl (C=O) groups is 1. The highest BCUT2D eigenvalue weighted by molar-refractivity contribution is 7.18. The van der Waals surface area contributed by atoms with Crippen LogP contribution in [0.1, 0.15) is 43.7 Å². The fourth-order valence-electron chi connectivity index (χ4n) is 4.60. The molecule has 5 rings (SSSR count). The van der Waals surface area contributed by atoms with Crippen molar-refractivity contribution in [3.63, 3.8) is 0 Å². The maximum absolute atomic E-state index is 12.8. The molecule has 1 amide bonds. The van der Waals surface area contributed by atoms with Gasteiger partial charge in [-0.2, -0.15) is 0 Å². The Kier molecular flexibility index (Phi) is 6.46. The Morgan fingerprint density at radius 2 is 1.88 bits per heavy atom. The van der Waals surface area contributed by atoms with E-state index < -0.39 is 0 Å². The predicted molar refractivity (Wildman–Crippen MR) is 129 cm³/mol. The molecule has 6 nitrogen and oxygen atoms in total. The molecule has 0 aliphatic carbocycles. The SMILES string of the molecule is O=C([C@H]1CCCCN1)N1CCC(c2cccc(Nc3ncc(-c4ccccc4)s3)n2)CC1. The summed E-state index contributed by atoms with van der Waals surface area (Å²) < 4.78 is 0. The second-order valence-corrected chi connectivity index (χ2v) is 9.60. The molecule has 4 heterocycles. The van der Waals surface area contributed by atoms with Crippen molar-refractivity contribution in [3.05, 3.63) is 60.4 Å².